The Labute approximate surface area is 186 Å². The second-order valence-electron chi connectivity index (χ2n) is 9.09. The monoisotopic (exact) mass is 426 g/mol. The van der Waals surface area contributed by atoms with E-state index in [4.69, 9.17) is 4.42 Å². The summed E-state index contributed by atoms with van der Waals surface area (Å²) in [5, 5.41) is 6.75. The van der Waals surface area contributed by atoms with Gasteiger partial charge in [-0.05, 0) is 12.5 Å². The molecule has 0 spiro atoms. The average molecular weight is 427 g/mol. The maximum atomic E-state index is 5.84. The first-order valence-corrected chi connectivity index (χ1v) is 11.4. The van der Waals surface area contributed by atoms with Crippen molar-refractivity contribution in [3.63, 3.8) is 0 Å². The second kappa shape index (κ2) is 11.3. The number of piperazine rings is 1. The van der Waals surface area contributed by atoms with E-state index in [9.17, 15) is 0 Å². The highest BCUT2D eigenvalue weighted by Crippen LogP contribution is 2.22. The lowest BCUT2D eigenvalue weighted by atomic mass is 9.94. The van der Waals surface area contributed by atoms with Gasteiger partial charge in [0, 0.05) is 57.8 Å². The van der Waals surface area contributed by atoms with Crippen LogP contribution in [0, 0.1) is 0 Å². The normalized spacial score (nSPS) is 16.5. The molecule has 170 valence electrons. The number of rotatable bonds is 8. The van der Waals surface area contributed by atoms with Crippen molar-refractivity contribution in [2.45, 2.75) is 46.2 Å². The molecule has 7 nitrogen and oxygen atoms in total. The van der Waals surface area contributed by atoms with Crippen LogP contribution in [0.2, 0.25) is 0 Å². The minimum absolute atomic E-state index is 0.0389. The van der Waals surface area contributed by atoms with Crippen molar-refractivity contribution in [1.82, 2.24) is 25.4 Å². The molecule has 1 aliphatic heterocycles. The zero-order valence-electron chi connectivity index (χ0n) is 19.5. The van der Waals surface area contributed by atoms with Gasteiger partial charge in [-0.3, -0.25) is 9.80 Å². The summed E-state index contributed by atoms with van der Waals surface area (Å²) in [5.41, 5.74) is 1.35. The largest absolute Gasteiger partial charge is 0.443 e. The summed E-state index contributed by atoms with van der Waals surface area (Å²) in [7, 11) is 0. The first-order valence-electron chi connectivity index (χ1n) is 11.4. The summed E-state index contributed by atoms with van der Waals surface area (Å²) in [4.78, 5) is 14.0. The van der Waals surface area contributed by atoms with Crippen LogP contribution in [-0.2, 0) is 18.5 Å². The van der Waals surface area contributed by atoms with Crippen LogP contribution in [0.4, 0.5) is 0 Å². The van der Waals surface area contributed by atoms with E-state index >= 15 is 0 Å². The number of guanidine groups is 1. The number of aliphatic imine (C=N–C) groups is 1. The van der Waals surface area contributed by atoms with E-state index in [0.717, 1.165) is 64.1 Å². The molecule has 2 N–H and O–H groups in total. The molecule has 1 aromatic heterocycles. The Morgan fingerprint density at radius 3 is 2.42 bits per heavy atom. The number of benzene rings is 1. The van der Waals surface area contributed by atoms with Gasteiger partial charge in [0.15, 0.2) is 5.96 Å². The van der Waals surface area contributed by atoms with Crippen molar-refractivity contribution in [3.05, 3.63) is 53.7 Å². The van der Waals surface area contributed by atoms with Crippen LogP contribution in [0.25, 0.3) is 0 Å². The zero-order valence-corrected chi connectivity index (χ0v) is 19.5. The Morgan fingerprint density at radius 2 is 1.77 bits per heavy atom. The third-order valence-corrected chi connectivity index (χ3v) is 5.44. The topological polar surface area (TPSA) is 68.9 Å². The molecule has 3 rings (SSSR count). The van der Waals surface area contributed by atoms with Crippen molar-refractivity contribution in [2.24, 2.45) is 4.99 Å². The lowest BCUT2D eigenvalue weighted by Gasteiger charge is -2.34. The highest BCUT2D eigenvalue weighted by molar-refractivity contribution is 5.79. The highest BCUT2D eigenvalue weighted by Gasteiger charge is 2.19. The number of aromatic nitrogens is 1. The highest BCUT2D eigenvalue weighted by atomic mass is 16.4. The Bertz CT molecular complexity index is 803. The first kappa shape index (κ1) is 23.3. The van der Waals surface area contributed by atoms with Gasteiger partial charge in [0.05, 0.1) is 6.20 Å². The first-order chi connectivity index (χ1) is 14.9. The smallest absolute Gasteiger partial charge is 0.216 e. The van der Waals surface area contributed by atoms with Crippen molar-refractivity contribution < 1.29 is 4.42 Å². The van der Waals surface area contributed by atoms with Gasteiger partial charge >= 0.3 is 0 Å². The summed E-state index contributed by atoms with van der Waals surface area (Å²) in [6, 6.07) is 10.7. The van der Waals surface area contributed by atoms with E-state index in [1.54, 1.807) is 0 Å². The van der Waals surface area contributed by atoms with Crippen LogP contribution >= 0.6 is 0 Å². The number of nitrogens with zero attached hydrogens (tertiary/aromatic N) is 4. The Kier molecular flexibility index (Phi) is 8.49. The molecule has 0 amide bonds. The molecule has 1 aliphatic rings. The molecule has 0 atom stereocenters. The molecule has 0 radical (unpaired) electrons. The Morgan fingerprint density at radius 1 is 1.06 bits per heavy atom. The number of hydrogen-bond acceptors (Lipinski definition) is 5. The summed E-state index contributed by atoms with van der Waals surface area (Å²) in [6.07, 6.45) is 1.81. The van der Waals surface area contributed by atoms with Crippen molar-refractivity contribution in [1.29, 1.82) is 0 Å². The fourth-order valence-corrected chi connectivity index (χ4v) is 3.56. The maximum absolute atomic E-state index is 5.84. The van der Waals surface area contributed by atoms with Crippen molar-refractivity contribution in [3.8, 4) is 0 Å². The average Bonchev–Trinajstić information content (AvgIpc) is 3.24. The van der Waals surface area contributed by atoms with Crippen molar-refractivity contribution in [2.75, 3.05) is 45.8 Å². The number of nitrogens with one attached hydrogen (secondary N) is 2. The van der Waals surface area contributed by atoms with Crippen LogP contribution in [0.3, 0.4) is 0 Å². The van der Waals surface area contributed by atoms with Gasteiger partial charge in [0.1, 0.15) is 12.3 Å². The SMILES string of the molecule is CCNC(=NCc1ncc(C(C)(C)C)o1)NCCN1CCN(Cc2ccccc2)CC1. The molecule has 0 bridgehead atoms. The summed E-state index contributed by atoms with van der Waals surface area (Å²) < 4.78 is 5.84. The molecular formula is C24H38N6O. The Hall–Kier alpha value is -2.38. The van der Waals surface area contributed by atoms with Crippen LogP contribution < -0.4 is 10.6 Å². The lowest BCUT2D eigenvalue weighted by Crippen LogP contribution is -2.49. The van der Waals surface area contributed by atoms with E-state index < -0.39 is 0 Å². The van der Waals surface area contributed by atoms with Gasteiger partial charge in [-0.25, -0.2) is 9.98 Å². The molecule has 31 heavy (non-hydrogen) atoms. The van der Waals surface area contributed by atoms with Crippen molar-refractivity contribution >= 4 is 5.96 Å². The summed E-state index contributed by atoms with van der Waals surface area (Å²) in [5.74, 6) is 2.35. The summed E-state index contributed by atoms with van der Waals surface area (Å²) in [6.45, 7) is 17.0. The van der Waals surface area contributed by atoms with Gasteiger partial charge in [-0.1, -0.05) is 51.1 Å². The van der Waals surface area contributed by atoms with E-state index in [0.29, 0.717) is 12.4 Å². The third kappa shape index (κ3) is 7.67. The third-order valence-electron chi connectivity index (χ3n) is 5.44. The van der Waals surface area contributed by atoms with Crippen LogP contribution in [-0.4, -0.2) is 66.6 Å². The van der Waals surface area contributed by atoms with E-state index in [1.165, 1.54) is 5.56 Å². The zero-order chi connectivity index (χ0) is 22.1. The van der Waals surface area contributed by atoms with E-state index in [-0.39, 0.29) is 5.41 Å². The van der Waals surface area contributed by atoms with E-state index in [1.807, 2.05) is 6.20 Å². The molecule has 0 unspecified atom stereocenters. The van der Waals surface area contributed by atoms with Crippen LogP contribution in [0.15, 0.2) is 45.9 Å². The molecule has 2 heterocycles. The number of oxazole rings is 1. The van der Waals surface area contributed by atoms with Gasteiger partial charge in [0.25, 0.3) is 0 Å². The predicted molar refractivity (Wildman–Crippen MR) is 126 cm³/mol. The maximum Gasteiger partial charge on any atom is 0.216 e. The van der Waals surface area contributed by atoms with Gasteiger partial charge in [0.2, 0.25) is 5.89 Å². The fourth-order valence-electron chi connectivity index (χ4n) is 3.56. The molecule has 7 heteroatoms. The molecule has 2 aromatic rings. The molecule has 1 fully saturated rings. The minimum atomic E-state index is -0.0389. The van der Waals surface area contributed by atoms with Crippen LogP contribution in [0.5, 0.6) is 0 Å². The standard InChI is InChI=1S/C24H38N6O/c1-5-25-23(28-18-22-27-17-21(31-22)24(2,3)4)26-11-12-29-13-15-30(16-14-29)19-20-9-7-6-8-10-20/h6-10,17H,5,11-16,18-19H2,1-4H3,(H2,25,26,28). The molecule has 0 aliphatic carbocycles. The fraction of sp³-hybridized carbons (Fsp3) is 0.583. The van der Waals surface area contributed by atoms with Crippen LogP contribution in [0.1, 0.15) is 44.9 Å². The number of hydrogen-bond donors (Lipinski definition) is 2. The quantitative estimate of drug-likeness (QED) is 0.500. The molecule has 1 aromatic carbocycles. The molecule has 0 saturated carbocycles. The molecule has 1 saturated heterocycles. The summed E-state index contributed by atoms with van der Waals surface area (Å²) >= 11 is 0. The van der Waals surface area contributed by atoms with Gasteiger partial charge in [-0.2, -0.15) is 0 Å². The van der Waals surface area contributed by atoms with Gasteiger partial charge in [-0.15, -0.1) is 0 Å². The van der Waals surface area contributed by atoms with Gasteiger partial charge < -0.3 is 15.1 Å². The second-order valence-corrected chi connectivity index (χ2v) is 9.09. The van der Waals surface area contributed by atoms with E-state index in [2.05, 4.69) is 88.4 Å². The predicted octanol–water partition coefficient (Wildman–Crippen LogP) is 2.85. The lowest BCUT2D eigenvalue weighted by molar-refractivity contribution is 0.129. The Balaban J connectivity index is 1.39. The minimum Gasteiger partial charge on any atom is -0.443 e. The molecular weight excluding hydrogens is 388 g/mol.